The molecule has 1 amide bonds. The van der Waals surface area contributed by atoms with Crippen LogP contribution < -0.4 is 5.73 Å². The average Bonchev–Trinajstić information content (AvgIpc) is 2.73. The summed E-state index contributed by atoms with van der Waals surface area (Å²) in [5.74, 6) is -0.547. The van der Waals surface area contributed by atoms with Crippen molar-refractivity contribution < 1.29 is 23.1 Å². The number of halogens is 3. The van der Waals surface area contributed by atoms with Gasteiger partial charge in [0, 0.05) is 24.3 Å². The molecular formula is C12H13F3N2O2. The minimum absolute atomic E-state index is 0.110. The second-order valence-electron chi connectivity index (χ2n) is 4.54. The number of anilines is 1. The topological polar surface area (TPSA) is 66.6 Å². The van der Waals surface area contributed by atoms with Gasteiger partial charge in [0.1, 0.15) is 0 Å². The molecule has 0 spiro atoms. The molecule has 104 valence electrons. The van der Waals surface area contributed by atoms with Gasteiger partial charge in [0.2, 0.25) is 0 Å². The zero-order valence-electron chi connectivity index (χ0n) is 9.94. The van der Waals surface area contributed by atoms with Crippen LogP contribution >= 0.6 is 0 Å². The molecule has 1 heterocycles. The third kappa shape index (κ3) is 2.98. The Hall–Kier alpha value is -1.76. The molecule has 0 aromatic heterocycles. The fourth-order valence-corrected chi connectivity index (χ4v) is 2.05. The number of aliphatic hydroxyl groups is 1. The minimum atomic E-state index is -4.55. The molecule has 1 aromatic carbocycles. The maximum absolute atomic E-state index is 12.6. The second-order valence-corrected chi connectivity index (χ2v) is 4.54. The number of alkyl halides is 3. The highest BCUT2D eigenvalue weighted by atomic mass is 19.4. The molecule has 1 aliphatic rings. The molecule has 1 saturated heterocycles. The Bertz CT molecular complexity index is 502. The number of benzene rings is 1. The maximum atomic E-state index is 12.6. The Balaban J connectivity index is 2.29. The summed E-state index contributed by atoms with van der Waals surface area (Å²) >= 11 is 0. The Morgan fingerprint density at radius 2 is 2.05 bits per heavy atom. The molecule has 1 atom stereocenters. The fourth-order valence-electron chi connectivity index (χ4n) is 2.05. The molecular weight excluding hydrogens is 261 g/mol. The van der Waals surface area contributed by atoms with Crippen LogP contribution in [0.5, 0.6) is 0 Å². The van der Waals surface area contributed by atoms with Crippen LogP contribution in [0.25, 0.3) is 0 Å². The summed E-state index contributed by atoms with van der Waals surface area (Å²) in [6, 6.07) is 2.78. The molecule has 19 heavy (non-hydrogen) atoms. The van der Waals surface area contributed by atoms with E-state index in [1.165, 1.54) is 11.0 Å². The van der Waals surface area contributed by atoms with E-state index in [1.54, 1.807) is 0 Å². The number of β-amino-alcohol motifs (C(OH)–C–C–N with tert-alkyl or cyclic N) is 1. The third-order valence-corrected chi connectivity index (χ3v) is 2.98. The van der Waals surface area contributed by atoms with Crippen LogP contribution in [-0.4, -0.2) is 35.1 Å². The first kappa shape index (κ1) is 13.7. The lowest BCUT2D eigenvalue weighted by molar-refractivity contribution is -0.137. The molecule has 3 N–H and O–H groups in total. The molecule has 0 aliphatic carbocycles. The number of rotatable bonds is 1. The van der Waals surface area contributed by atoms with E-state index in [9.17, 15) is 23.1 Å². The number of nitrogens with two attached hydrogens (primary N) is 1. The van der Waals surface area contributed by atoms with Crippen molar-refractivity contribution >= 4 is 11.6 Å². The average molecular weight is 274 g/mol. The van der Waals surface area contributed by atoms with E-state index in [1.807, 2.05) is 0 Å². The van der Waals surface area contributed by atoms with E-state index in [0.29, 0.717) is 13.0 Å². The highest BCUT2D eigenvalue weighted by Gasteiger charge is 2.33. The largest absolute Gasteiger partial charge is 0.416 e. The van der Waals surface area contributed by atoms with E-state index < -0.39 is 23.8 Å². The predicted molar refractivity (Wildman–Crippen MR) is 62.4 cm³/mol. The van der Waals surface area contributed by atoms with Crippen LogP contribution in [0.1, 0.15) is 22.3 Å². The van der Waals surface area contributed by atoms with Crippen LogP contribution in [-0.2, 0) is 6.18 Å². The maximum Gasteiger partial charge on any atom is 0.416 e. The third-order valence-electron chi connectivity index (χ3n) is 2.98. The van der Waals surface area contributed by atoms with Gasteiger partial charge in [-0.25, -0.2) is 0 Å². The van der Waals surface area contributed by atoms with Crippen LogP contribution in [0, 0.1) is 0 Å². The van der Waals surface area contributed by atoms with E-state index >= 15 is 0 Å². The highest BCUT2D eigenvalue weighted by molar-refractivity contribution is 5.95. The molecule has 1 fully saturated rings. The van der Waals surface area contributed by atoms with Gasteiger partial charge in [-0.05, 0) is 24.6 Å². The number of likely N-dealkylation sites (tertiary alicyclic amines) is 1. The van der Waals surface area contributed by atoms with Gasteiger partial charge in [0.15, 0.2) is 0 Å². The standard InChI is InChI=1S/C12H13F3N2O2/c13-12(14,15)8-3-7(4-9(16)5-8)11(19)17-2-1-10(18)6-17/h3-5,10,18H,1-2,6,16H2/t10-/m1/s1. The predicted octanol–water partition coefficient (Wildman–Crippen LogP) is 1.49. The van der Waals surface area contributed by atoms with Crippen LogP contribution in [0.4, 0.5) is 18.9 Å². The van der Waals surface area contributed by atoms with Crippen molar-refractivity contribution in [2.45, 2.75) is 18.7 Å². The van der Waals surface area contributed by atoms with Crippen molar-refractivity contribution in [2.24, 2.45) is 0 Å². The lowest BCUT2D eigenvalue weighted by Gasteiger charge is -2.17. The quantitative estimate of drug-likeness (QED) is 0.763. The molecule has 1 aromatic rings. The first-order chi connectivity index (χ1) is 8.77. The number of aliphatic hydroxyl groups excluding tert-OH is 1. The summed E-state index contributed by atoms with van der Waals surface area (Å²) in [6.45, 7) is 0.463. The molecule has 0 radical (unpaired) electrons. The minimum Gasteiger partial charge on any atom is -0.399 e. The monoisotopic (exact) mass is 274 g/mol. The fraction of sp³-hybridized carbons (Fsp3) is 0.417. The van der Waals surface area contributed by atoms with Gasteiger partial charge in [0.05, 0.1) is 11.7 Å². The number of hydrogen-bond acceptors (Lipinski definition) is 3. The molecule has 4 nitrogen and oxygen atoms in total. The van der Waals surface area contributed by atoms with E-state index in [0.717, 1.165) is 12.1 Å². The SMILES string of the molecule is Nc1cc(C(=O)N2CC[C@@H](O)C2)cc(C(F)(F)F)c1. The van der Waals surface area contributed by atoms with Crippen molar-refractivity contribution in [1.82, 2.24) is 4.90 Å². The summed E-state index contributed by atoms with van der Waals surface area (Å²) in [6.07, 6.45) is -4.73. The van der Waals surface area contributed by atoms with Gasteiger partial charge in [-0.15, -0.1) is 0 Å². The first-order valence-electron chi connectivity index (χ1n) is 5.72. The van der Waals surface area contributed by atoms with E-state index in [2.05, 4.69) is 0 Å². The number of nitrogen functional groups attached to an aromatic ring is 1. The normalized spacial score (nSPS) is 19.8. The lowest BCUT2D eigenvalue weighted by Crippen LogP contribution is -2.29. The number of carbonyl (C=O) groups excluding carboxylic acids is 1. The van der Waals surface area contributed by atoms with Crippen molar-refractivity contribution in [3.05, 3.63) is 29.3 Å². The molecule has 2 rings (SSSR count). The van der Waals surface area contributed by atoms with Gasteiger partial charge >= 0.3 is 6.18 Å². The van der Waals surface area contributed by atoms with Gasteiger partial charge in [-0.1, -0.05) is 0 Å². The van der Waals surface area contributed by atoms with Crippen molar-refractivity contribution in [3.63, 3.8) is 0 Å². The van der Waals surface area contributed by atoms with Gasteiger partial charge in [-0.2, -0.15) is 13.2 Å². The van der Waals surface area contributed by atoms with Gasteiger partial charge < -0.3 is 15.7 Å². The van der Waals surface area contributed by atoms with Crippen LogP contribution in [0.3, 0.4) is 0 Å². The molecule has 7 heteroatoms. The Kier molecular flexibility index (Phi) is 3.40. The summed E-state index contributed by atoms with van der Waals surface area (Å²) in [5.41, 5.74) is 4.23. The lowest BCUT2D eigenvalue weighted by atomic mass is 10.1. The Morgan fingerprint density at radius 1 is 1.37 bits per heavy atom. The number of hydrogen-bond donors (Lipinski definition) is 2. The smallest absolute Gasteiger partial charge is 0.399 e. The molecule has 0 bridgehead atoms. The van der Waals surface area contributed by atoms with Crippen molar-refractivity contribution in [2.75, 3.05) is 18.8 Å². The molecule has 0 saturated carbocycles. The molecule has 1 aliphatic heterocycles. The van der Waals surface area contributed by atoms with Gasteiger partial charge in [-0.3, -0.25) is 4.79 Å². The van der Waals surface area contributed by atoms with E-state index in [-0.39, 0.29) is 17.8 Å². The zero-order valence-corrected chi connectivity index (χ0v) is 9.94. The summed E-state index contributed by atoms with van der Waals surface area (Å²) in [7, 11) is 0. The number of carbonyl (C=O) groups is 1. The van der Waals surface area contributed by atoms with Crippen LogP contribution in [0.2, 0.25) is 0 Å². The van der Waals surface area contributed by atoms with Crippen molar-refractivity contribution in [3.8, 4) is 0 Å². The highest BCUT2D eigenvalue weighted by Crippen LogP contribution is 2.31. The Labute approximate surface area is 107 Å². The summed E-state index contributed by atoms with van der Waals surface area (Å²) in [4.78, 5) is 13.3. The Morgan fingerprint density at radius 3 is 2.58 bits per heavy atom. The van der Waals surface area contributed by atoms with Crippen LogP contribution in [0.15, 0.2) is 18.2 Å². The van der Waals surface area contributed by atoms with Gasteiger partial charge in [0.25, 0.3) is 5.91 Å². The number of amides is 1. The zero-order chi connectivity index (χ0) is 14.2. The molecule has 0 unspecified atom stereocenters. The summed E-state index contributed by atoms with van der Waals surface area (Å²) in [5, 5.41) is 9.34. The van der Waals surface area contributed by atoms with E-state index in [4.69, 9.17) is 5.73 Å². The summed E-state index contributed by atoms with van der Waals surface area (Å²) < 4.78 is 37.9. The van der Waals surface area contributed by atoms with Crippen molar-refractivity contribution in [1.29, 1.82) is 0 Å². The second kappa shape index (κ2) is 4.73. The first-order valence-corrected chi connectivity index (χ1v) is 5.72. The number of nitrogens with zero attached hydrogens (tertiary/aromatic N) is 1.